The van der Waals surface area contributed by atoms with Crippen LogP contribution >= 0.6 is 0 Å². The van der Waals surface area contributed by atoms with Crippen molar-refractivity contribution in [2.45, 2.75) is 16.7 Å². The van der Waals surface area contributed by atoms with Gasteiger partial charge in [-0.2, -0.15) is 0 Å². The van der Waals surface area contributed by atoms with Gasteiger partial charge in [0.05, 0.1) is 20.4 Å². The minimum atomic E-state index is -3.76. The largest absolute Gasteiger partial charge is 0.411 e. The van der Waals surface area contributed by atoms with Crippen LogP contribution in [-0.2, 0) is 9.84 Å². The highest BCUT2D eigenvalue weighted by molar-refractivity contribution is 7.91. The van der Waals surface area contributed by atoms with Crippen LogP contribution in [-0.4, -0.2) is 24.3 Å². The number of hydrogen-bond donors (Lipinski definition) is 1. The Morgan fingerprint density at radius 1 is 1.05 bits per heavy atom. The van der Waals surface area contributed by atoms with Crippen LogP contribution in [0.15, 0.2) is 63.5 Å². The Labute approximate surface area is 126 Å². The maximum Gasteiger partial charge on any atom is 0.269 e. The predicted octanol–water partition coefficient (Wildman–Crippen LogP) is 2.63. The quantitative estimate of drug-likeness (QED) is 0.403. The Bertz CT molecular complexity index is 825. The second kappa shape index (κ2) is 5.94. The van der Waals surface area contributed by atoms with E-state index in [1.807, 2.05) is 0 Å². The third-order valence-corrected chi connectivity index (χ3v) is 4.88. The van der Waals surface area contributed by atoms with Gasteiger partial charge in [-0.1, -0.05) is 17.3 Å². The number of nitro groups is 1. The number of sulfone groups is 1. The summed E-state index contributed by atoms with van der Waals surface area (Å²) >= 11 is 0. The third-order valence-electron chi connectivity index (χ3n) is 3.09. The number of benzene rings is 2. The first kappa shape index (κ1) is 15.6. The van der Waals surface area contributed by atoms with E-state index in [4.69, 9.17) is 5.21 Å². The van der Waals surface area contributed by atoms with Crippen molar-refractivity contribution in [1.82, 2.24) is 0 Å². The molecular formula is C14H12N2O5S. The van der Waals surface area contributed by atoms with Crippen LogP contribution in [0.3, 0.4) is 0 Å². The highest BCUT2D eigenvalue weighted by atomic mass is 32.2. The fourth-order valence-corrected chi connectivity index (χ4v) is 3.08. The molecule has 0 unspecified atom stereocenters. The Morgan fingerprint density at radius 3 is 1.91 bits per heavy atom. The lowest BCUT2D eigenvalue weighted by molar-refractivity contribution is -0.384. The minimum Gasteiger partial charge on any atom is -0.411 e. The van der Waals surface area contributed by atoms with Crippen molar-refractivity contribution in [1.29, 1.82) is 0 Å². The van der Waals surface area contributed by atoms with Crippen LogP contribution in [0.4, 0.5) is 5.69 Å². The third kappa shape index (κ3) is 2.96. The average Bonchev–Trinajstić information content (AvgIpc) is 2.54. The summed E-state index contributed by atoms with van der Waals surface area (Å²) < 4.78 is 24.8. The average molecular weight is 320 g/mol. The van der Waals surface area contributed by atoms with E-state index in [2.05, 4.69) is 5.16 Å². The molecule has 0 spiro atoms. The zero-order valence-corrected chi connectivity index (χ0v) is 12.3. The van der Waals surface area contributed by atoms with Gasteiger partial charge in [-0.05, 0) is 36.8 Å². The highest BCUT2D eigenvalue weighted by Crippen LogP contribution is 2.23. The first-order valence-corrected chi connectivity index (χ1v) is 7.63. The van der Waals surface area contributed by atoms with Crippen LogP contribution in [0, 0.1) is 10.1 Å². The molecule has 2 rings (SSSR count). The van der Waals surface area contributed by atoms with Crippen molar-refractivity contribution in [2.24, 2.45) is 5.16 Å². The van der Waals surface area contributed by atoms with Crippen LogP contribution in [0.1, 0.15) is 12.5 Å². The lowest BCUT2D eigenvalue weighted by Crippen LogP contribution is -2.03. The van der Waals surface area contributed by atoms with Gasteiger partial charge in [-0.3, -0.25) is 10.1 Å². The summed E-state index contributed by atoms with van der Waals surface area (Å²) in [4.78, 5) is 10.0. The molecule has 0 atom stereocenters. The Kier molecular flexibility index (Phi) is 4.22. The van der Waals surface area contributed by atoms with Crippen molar-refractivity contribution in [3.05, 3.63) is 64.2 Å². The van der Waals surface area contributed by atoms with Gasteiger partial charge in [0.15, 0.2) is 0 Å². The van der Waals surface area contributed by atoms with E-state index >= 15 is 0 Å². The topological polar surface area (TPSA) is 110 Å². The number of nitro benzene ring substituents is 1. The Hall–Kier alpha value is -2.74. The summed E-state index contributed by atoms with van der Waals surface area (Å²) in [6.07, 6.45) is 0. The molecule has 7 nitrogen and oxygen atoms in total. The zero-order chi connectivity index (χ0) is 16.3. The molecule has 0 saturated heterocycles. The van der Waals surface area contributed by atoms with Crippen LogP contribution in [0.5, 0.6) is 0 Å². The van der Waals surface area contributed by atoms with Crippen molar-refractivity contribution in [3.63, 3.8) is 0 Å². The van der Waals surface area contributed by atoms with Gasteiger partial charge in [-0.15, -0.1) is 0 Å². The van der Waals surface area contributed by atoms with Crippen LogP contribution < -0.4 is 0 Å². The smallest absolute Gasteiger partial charge is 0.269 e. The lowest BCUT2D eigenvalue weighted by atomic mass is 10.1. The molecule has 2 aromatic rings. The number of rotatable bonds is 4. The maximum atomic E-state index is 12.4. The molecule has 0 aliphatic heterocycles. The molecule has 0 heterocycles. The predicted molar refractivity (Wildman–Crippen MR) is 79.0 cm³/mol. The summed E-state index contributed by atoms with van der Waals surface area (Å²) in [6.45, 7) is 1.58. The Balaban J connectivity index is 2.39. The standard InChI is InChI=1S/C14H12N2O5S/c1-10(15-17)11-2-6-13(7-3-11)22(20,21)14-8-4-12(5-9-14)16(18)19/h2-9,17H,1H3. The summed E-state index contributed by atoms with van der Waals surface area (Å²) in [6, 6.07) is 10.5. The Morgan fingerprint density at radius 2 is 1.50 bits per heavy atom. The number of oxime groups is 1. The van der Waals surface area contributed by atoms with E-state index in [1.54, 1.807) is 6.92 Å². The molecule has 0 radical (unpaired) electrons. The molecule has 0 aliphatic carbocycles. The molecule has 8 heteroatoms. The number of nitrogens with zero attached hydrogens (tertiary/aromatic N) is 2. The summed E-state index contributed by atoms with van der Waals surface area (Å²) in [5, 5.41) is 22.3. The van der Waals surface area contributed by atoms with Crippen molar-refractivity contribution in [2.75, 3.05) is 0 Å². The molecule has 2 aromatic carbocycles. The number of non-ortho nitro benzene ring substituents is 1. The molecule has 0 aliphatic rings. The van der Waals surface area contributed by atoms with Gasteiger partial charge in [-0.25, -0.2) is 8.42 Å². The minimum absolute atomic E-state index is 0.0293. The maximum absolute atomic E-state index is 12.4. The SMILES string of the molecule is CC(=NO)c1ccc(S(=O)(=O)c2ccc([N+](=O)[O-])cc2)cc1. The van der Waals surface area contributed by atoms with E-state index in [0.29, 0.717) is 11.3 Å². The van der Waals surface area contributed by atoms with E-state index in [1.165, 1.54) is 36.4 Å². The van der Waals surface area contributed by atoms with E-state index in [-0.39, 0.29) is 15.5 Å². The van der Waals surface area contributed by atoms with Crippen molar-refractivity contribution in [3.8, 4) is 0 Å². The van der Waals surface area contributed by atoms with Crippen LogP contribution in [0.25, 0.3) is 0 Å². The van der Waals surface area contributed by atoms with Gasteiger partial charge in [0.25, 0.3) is 5.69 Å². The second-order valence-electron chi connectivity index (χ2n) is 4.46. The first-order chi connectivity index (χ1) is 10.4. The molecule has 0 bridgehead atoms. The van der Waals surface area contributed by atoms with E-state index < -0.39 is 14.8 Å². The molecule has 0 amide bonds. The molecule has 0 fully saturated rings. The molecule has 0 saturated carbocycles. The van der Waals surface area contributed by atoms with Crippen molar-refractivity contribution < 1.29 is 18.5 Å². The van der Waals surface area contributed by atoms with Gasteiger partial charge < -0.3 is 5.21 Å². The molecular weight excluding hydrogens is 308 g/mol. The fraction of sp³-hybridized carbons (Fsp3) is 0.0714. The molecule has 1 N–H and O–H groups in total. The normalized spacial score (nSPS) is 12.1. The first-order valence-electron chi connectivity index (χ1n) is 6.15. The van der Waals surface area contributed by atoms with Crippen LogP contribution in [0.2, 0.25) is 0 Å². The van der Waals surface area contributed by atoms with Gasteiger partial charge in [0.1, 0.15) is 0 Å². The van der Waals surface area contributed by atoms with Crippen molar-refractivity contribution >= 4 is 21.2 Å². The fourth-order valence-electron chi connectivity index (χ4n) is 1.82. The lowest BCUT2D eigenvalue weighted by Gasteiger charge is -2.05. The van der Waals surface area contributed by atoms with Gasteiger partial charge >= 0.3 is 0 Å². The monoisotopic (exact) mass is 320 g/mol. The van der Waals surface area contributed by atoms with E-state index in [9.17, 15) is 18.5 Å². The highest BCUT2D eigenvalue weighted by Gasteiger charge is 2.18. The van der Waals surface area contributed by atoms with Gasteiger partial charge in [0.2, 0.25) is 9.84 Å². The zero-order valence-electron chi connectivity index (χ0n) is 11.5. The van der Waals surface area contributed by atoms with Gasteiger partial charge in [0, 0.05) is 12.1 Å². The number of hydrogen-bond acceptors (Lipinski definition) is 6. The summed E-state index contributed by atoms with van der Waals surface area (Å²) in [5.41, 5.74) is 0.772. The summed E-state index contributed by atoms with van der Waals surface area (Å²) in [7, 11) is -3.76. The summed E-state index contributed by atoms with van der Waals surface area (Å²) in [5.74, 6) is 0. The van der Waals surface area contributed by atoms with E-state index in [0.717, 1.165) is 12.1 Å². The second-order valence-corrected chi connectivity index (χ2v) is 6.41. The molecule has 0 aromatic heterocycles. The molecule has 22 heavy (non-hydrogen) atoms. The molecule has 114 valence electrons.